The molecule has 0 amide bonds. The molecule has 1 aromatic heterocycles. The second-order valence-corrected chi connectivity index (χ2v) is 4.78. The fourth-order valence-corrected chi connectivity index (χ4v) is 1.77. The van der Waals surface area contributed by atoms with Gasteiger partial charge in [-0.05, 0) is 6.42 Å². The zero-order valence-corrected chi connectivity index (χ0v) is 11.7. The van der Waals surface area contributed by atoms with Crippen LogP contribution in [0.1, 0.15) is 45.4 Å². The first-order valence-corrected chi connectivity index (χ1v) is 6.46. The standard InChI is InChI=1S/C13H24N4O/c1-5-6-10(8-18-4)15-12-7-11(14)16-13(17-12)9(2)3/h7,9-10H,5-6,8H2,1-4H3,(H3,14,15,16,17). The van der Waals surface area contributed by atoms with E-state index in [0.29, 0.717) is 12.4 Å². The molecule has 0 radical (unpaired) electrons. The highest BCUT2D eigenvalue weighted by molar-refractivity contribution is 5.45. The van der Waals surface area contributed by atoms with E-state index in [1.54, 1.807) is 13.2 Å². The third kappa shape index (κ3) is 4.49. The van der Waals surface area contributed by atoms with Crippen molar-refractivity contribution < 1.29 is 4.74 Å². The van der Waals surface area contributed by atoms with E-state index in [4.69, 9.17) is 10.5 Å². The first-order chi connectivity index (χ1) is 8.56. The van der Waals surface area contributed by atoms with E-state index in [9.17, 15) is 0 Å². The van der Waals surface area contributed by atoms with Crippen LogP contribution < -0.4 is 11.1 Å². The lowest BCUT2D eigenvalue weighted by molar-refractivity contribution is 0.182. The van der Waals surface area contributed by atoms with Gasteiger partial charge in [-0.3, -0.25) is 0 Å². The number of nitrogens with two attached hydrogens (primary N) is 1. The Labute approximate surface area is 109 Å². The molecular weight excluding hydrogens is 228 g/mol. The third-order valence-corrected chi connectivity index (χ3v) is 2.64. The van der Waals surface area contributed by atoms with Crippen LogP contribution in [0, 0.1) is 0 Å². The van der Waals surface area contributed by atoms with Gasteiger partial charge in [0.25, 0.3) is 0 Å². The number of aromatic nitrogens is 2. The number of anilines is 2. The van der Waals surface area contributed by atoms with Gasteiger partial charge in [-0.1, -0.05) is 27.2 Å². The van der Waals surface area contributed by atoms with Crippen LogP contribution in [0.3, 0.4) is 0 Å². The number of rotatable bonds is 7. The lowest BCUT2D eigenvalue weighted by Crippen LogP contribution is -2.25. The molecule has 0 bridgehead atoms. The van der Waals surface area contributed by atoms with Crippen molar-refractivity contribution in [1.82, 2.24) is 9.97 Å². The number of nitrogens with zero attached hydrogens (tertiary/aromatic N) is 2. The molecular formula is C13H24N4O. The molecule has 0 aliphatic carbocycles. The minimum Gasteiger partial charge on any atom is -0.384 e. The normalized spacial score (nSPS) is 12.7. The van der Waals surface area contributed by atoms with Crippen LogP contribution in [0.2, 0.25) is 0 Å². The van der Waals surface area contributed by atoms with E-state index < -0.39 is 0 Å². The van der Waals surface area contributed by atoms with E-state index in [-0.39, 0.29) is 12.0 Å². The largest absolute Gasteiger partial charge is 0.384 e. The molecule has 0 aromatic carbocycles. The van der Waals surface area contributed by atoms with Gasteiger partial charge in [-0.2, -0.15) is 0 Å². The summed E-state index contributed by atoms with van der Waals surface area (Å²) in [6.45, 7) is 6.92. The molecule has 0 fully saturated rings. The Morgan fingerprint density at radius 3 is 2.67 bits per heavy atom. The zero-order chi connectivity index (χ0) is 13.5. The predicted molar refractivity (Wildman–Crippen MR) is 74.7 cm³/mol. The summed E-state index contributed by atoms with van der Waals surface area (Å²) < 4.78 is 5.20. The molecule has 3 N–H and O–H groups in total. The Hall–Kier alpha value is -1.36. The lowest BCUT2D eigenvalue weighted by atomic mass is 10.2. The molecule has 5 heteroatoms. The van der Waals surface area contributed by atoms with Crippen molar-refractivity contribution in [1.29, 1.82) is 0 Å². The number of nitrogens with one attached hydrogen (secondary N) is 1. The Bertz CT molecular complexity index is 362. The predicted octanol–water partition coefficient (Wildman–Crippen LogP) is 2.41. The monoisotopic (exact) mass is 252 g/mol. The summed E-state index contributed by atoms with van der Waals surface area (Å²) in [4.78, 5) is 8.71. The van der Waals surface area contributed by atoms with Crippen molar-refractivity contribution in [3.05, 3.63) is 11.9 Å². The fraction of sp³-hybridized carbons (Fsp3) is 0.692. The molecule has 1 atom stereocenters. The van der Waals surface area contributed by atoms with Gasteiger partial charge in [0.2, 0.25) is 0 Å². The van der Waals surface area contributed by atoms with Gasteiger partial charge >= 0.3 is 0 Å². The van der Waals surface area contributed by atoms with E-state index in [1.807, 2.05) is 0 Å². The van der Waals surface area contributed by atoms with Crippen molar-refractivity contribution in [3.63, 3.8) is 0 Å². The minimum absolute atomic E-state index is 0.259. The van der Waals surface area contributed by atoms with Crippen LogP contribution in [-0.2, 0) is 4.74 Å². The lowest BCUT2D eigenvalue weighted by Gasteiger charge is -2.18. The second-order valence-electron chi connectivity index (χ2n) is 4.78. The van der Waals surface area contributed by atoms with Gasteiger partial charge in [0, 0.05) is 19.1 Å². The van der Waals surface area contributed by atoms with Crippen molar-refractivity contribution >= 4 is 11.6 Å². The summed E-state index contributed by atoms with van der Waals surface area (Å²) in [7, 11) is 1.71. The molecule has 0 saturated carbocycles. The van der Waals surface area contributed by atoms with E-state index in [2.05, 4.69) is 36.1 Å². The average molecular weight is 252 g/mol. The molecule has 1 aromatic rings. The van der Waals surface area contributed by atoms with Gasteiger partial charge in [-0.25, -0.2) is 9.97 Å². The highest BCUT2D eigenvalue weighted by atomic mass is 16.5. The average Bonchev–Trinajstić information content (AvgIpc) is 2.28. The Balaban J connectivity index is 2.81. The van der Waals surface area contributed by atoms with Crippen LogP contribution in [0.15, 0.2) is 6.07 Å². The van der Waals surface area contributed by atoms with Gasteiger partial charge in [0.1, 0.15) is 17.5 Å². The molecule has 0 aliphatic heterocycles. The number of hydrogen-bond donors (Lipinski definition) is 2. The smallest absolute Gasteiger partial charge is 0.135 e. The van der Waals surface area contributed by atoms with Crippen LogP contribution in [0.5, 0.6) is 0 Å². The molecule has 1 rings (SSSR count). The van der Waals surface area contributed by atoms with Crippen molar-refractivity contribution in [3.8, 4) is 0 Å². The van der Waals surface area contributed by atoms with Gasteiger partial charge in [0.05, 0.1) is 12.6 Å². The van der Waals surface area contributed by atoms with Gasteiger partial charge in [0.15, 0.2) is 0 Å². The Morgan fingerprint density at radius 2 is 2.11 bits per heavy atom. The molecule has 0 aliphatic rings. The first-order valence-electron chi connectivity index (χ1n) is 6.46. The Morgan fingerprint density at radius 1 is 1.39 bits per heavy atom. The van der Waals surface area contributed by atoms with Crippen molar-refractivity contribution in [2.75, 3.05) is 24.8 Å². The molecule has 1 heterocycles. The Kier molecular flexibility index (Phi) is 5.85. The number of ether oxygens (including phenoxy) is 1. The van der Waals surface area contributed by atoms with Crippen LogP contribution in [-0.4, -0.2) is 29.7 Å². The molecule has 0 saturated heterocycles. The molecule has 1 unspecified atom stereocenters. The van der Waals surface area contributed by atoms with E-state index in [0.717, 1.165) is 24.5 Å². The highest BCUT2D eigenvalue weighted by Crippen LogP contribution is 2.16. The maximum atomic E-state index is 5.80. The third-order valence-electron chi connectivity index (χ3n) is 2.64. The summed E-state index contributed by atoms with van der Waals surface area (Å²) in [5.74, 6) is 2.32. The highest BCUT2D eigenvalue weighted by Gasteiger charge is 2.11. The zero-order valence-electron chi connectivity index (χ0n) is 11.7. The second kappa shape index (κ2) is 7.16. The number of nitrogen functional groups attached to an aromatic ring is 1. The maximum absolute atomic E-state index is 5.80. The van der Waals surface area contributed by atoms with E-state index >= 15 is 0 Å². The van der Waals surface area contributed by atoms with Crippen molar-refractivity contribution in [2.24, 2.45) is 0 Å². The minimum atomic E-state index is 0.259. The summed E-state index contributed by atoms with van der Waals surface area (Å²) in [6, 6.07) is 2.03. The van der Waals surface area contributed by atoms with Crippen LogP contribution >= 0.6 is 0 Å². The van der Waals surface area contributed by atoms with Gasteiger partial charge < -0.3 is 15.8 Å². The molecule has 102 valence electrons. The molecule has 0 spiro atoms. The van der Waals surface area contributed by atoms with Crippen LogP contribution in [0.25, 0.3) is 0 Å². The fourth-order valence-electron chi connectivity index (χ4n) is 1.77. The first kappa shape index (κ1) is 14.7. The molecule has 18 heavy (non-hydrogen) atoms. The maximum Gasteiger partial charge on any atom is 0.135 e. The quantitative estimate of drug-likeness (QED) is 0.779. The van der Waals surface area contributed by atoms with Gasteiger partial charge in [-0.15, -0.1) is 0 Å². The topological polar surface area (TPSA) is 73.1 Å². The summed E-state index contributed by atoms with van der Waals surface area (Å²) in [5, 5.41) is 3.36. The number of hydrogen-bond acceptors (Lipinski definition) is 5. The summed E-state index contributed by atoms with van der Waals surface area (Å²) in [6.07, 6.45) is 2.13. The van der Waals surface area contributed by atoms with Crippen molar-refractivity contribution in [2.45, 2.75) is 45.6 Å². The number of methoxy groups -OCH3 is 1. The summed E-state index contributed by atoms with van der Waals surface area (Å²) >= 11 is 0. The summed E-state index contributed by atoms with van der Waals surface area (Å²) in [5.41, 5.74) is 5.80. The molecule has 5 nitrogen and oxygen atoms in total. The van der Waals surface area contributed by atoms with Crippen LogP contribution in [0.4, 0.5) is 11.6 Å². The SMILES string of the molecule is CCCC(COC)Nc1cc(N)nc(C(C)C)n1. The van der Waals surface area contributed by atoms with E-state index in [1.165, 1.54) is 0 Å².